The Hall–Kier alpha value is -0.560. The second-order valence-electron chi connectivity index (χ2n) is 5.62. The first kappa shape index (κ1) is 17.8. The second kappa shape index (κ2) is 8.34. The van der Waals surface area contributed by atoms with E-state index in [-0.39, 0.29) is 19.3 Å². The Morgan fingerprint density at radius 3 is 2.82 bits per heavy atom. The van der Waals surface area contributed by atoms with E-state index < -0.39 is 6.10 Å². The molecule has 0 amide bonds. The van der Waals surface area contributed by atoms with E-state index in [0.717, 1.165) is 19.6 Å². The second-order valence-corrected chi connectivity index (χ2v) is 6.46. The van der Waals surface area contributed by atoms with Gasteiger partial charge in [-0.1, -0.05) is 23.2 Å². The van der Waals surface area contributed by atoms with Gasteiger partial charge < -0.3 is 14.9 Å². The van der Waals surface area contributed by atoms with Gasteiger partial charge in [-0.3, -0.25) is 9.80 Å². The van der Waals surface area contributed by atoms with Crippen LogP contribution in [0, 0.1) is 0 Å². The topological polar surface area (TPSA) is 56.2 Å². The van der Waals surface area contributed by atoms with Crippen molar-refractivity contribution in [2.45, 2.75) is 12.1 Å². The molecule has 1 heterocycles. The molecular weight excluding hydrogens is 327 g/mol. The SMILES string of the molecule is CN1CCN(C[C@H](O)COc2ccc(Cl)cc2Cl)C[C@@H]1CO. The van der Waals surface area contributed by atoms with Crippen molar-refractivity contribution in [3.63, 3.8) is 0 Å². The molecule has 0 aromatic heterocycles. The molecule has 7 heteroatoms. The summed E-state index contributed by atoms with van der Waals surface area (Å²) in [6.45, 7) is 3.28. The van der Waals surface area contributed by atoms with Crippen LogP contribution in [0.3, 0.4) is 0 Å². The summed E-state index contributed by atoms with van der Waals surface area (Å²) in [7, 11) is 2.00. The van der Waals surface area contributed by atoms with Crippen LogP contribution < -0.4 is 4.74 Å². The van der Waals surface area contributed by atoms with Gasteiger partial charge >= 0.3 is 0 Å². The number of halogens is 2. The number of benzene rings is 1. The Morgan fingerprint density at radius 1 is 1.36 bits per heavy atom. The summed E-state index contributed by atoms with van der Waals surface area (Å²) in [5, 5.41) is 20.4. The number of likely N-dealkylation sites (N-methyl/N-ethyl adjacent to an activating group) is 1. The van der Waals surface area contributed by atoms with Crippen LogP contribution in [0.1, 0.15) is 0 Å². The van der Waals surface area contributed by atoms with Gasteiger partial charge in [0.1, 0.15) is 18.5 Å². The van der Waals surface area contributed by atoms with E-state index in [1.807, 2.05) is 7.05 Å². The van der Waals surface area contributed by atoms with Crippen LogP contribution in [-0.2, 0) is 0 Å². The minimum atomic E-state index is -0.616. The Balaban J connectivity index is 1.79. The molecular formula is C15H22Cl2N2O3. The zero-order chi connectivity index (χ0) is 16.1. The van der Waals surface area contributed by atoms with E-state index in [2.05, 4.69) is 9.80 Å². The van der Waals surface area contributed by atoms with Gasteiger partial charge in [-0.05, 0) is 25.2 Å². The van der Waals surface area contributed by atoms with Crippen LogP contribution in [-0.4, -0.2) is 78.6 Å². The van der Waals surface area contributed by atoms with Gasteiger partial charge in [-0.25, -0.2) is 0 Å². The first-order chi connectivity index (χ1) is 10.5. The molecule has 0 radical (unpaired) electrons. The van der Waals surface area contributed by atoms with Crippen molar-refractivity contribution in [3.05, 3.63) is 28.2 Å². The zero-order valence-electron chi connectivity index (χ0n) is 12.6. The predicted octanol–water partition coefficient (Wildman–Crippen LogP) is 1.34. The molecule has 0 saturated carbocycles. The lowest BCUT2D eigenvalue weighted by molar-refractivity contribution is 0.0175. The summed E-state index contributed by atoms with van der Waals surface area (Å²) >= 11 is 11.9. The number of hydrogen-bond donors (Lipinski definition) is 2. The number of aliphatic hydroxyl groups is 2. The fourth-order valence-corrected chi connectivity index (χ4v) is 2.97. The third-order valence-electron chi connectivity index (χ3n) is 3.87. The monoisotopic (exact) mass is 348 g/mol. The van der Waals surface area contributed by atoms with Crippen molar-refractivity contribution in [3.8, 4) is 5.75 Å². The third kappa shape index (κ3) is 4.98. The van der Waals surface area contributed by atoms with Crippen LogP contribution in [0.25, 0.3) is 0 Å². The molecule has 0 bridgehead atoms. The lowest BCUT2D eigenvalue weighted by Crippen LogP contribution is -2.54. The van der Waals surface area contributed by atoms with Crippen molar-refractivity contribution in [2.75, 3.05) is 46.4 Å². The first-order valence-electron chi connectivity index (χ1n) is 7.29. The van der Waals surface area contributed by atoms with Crippen molar-refractivity contribution in [1.29, 1.82) is 0 Å². The summed E-state index contributed by atoms with van der Waals surface area (Å²) in [4.78, 5) is 4.27. The molecule has 1 aromatic rings. The van der Waals surface area contributed by atoms with Crippen molar-refractivity contribution in [2.24, 2.45) is 0 Å². The van der Waals surface area contributed by atoms with E-state index in [0.29, 0.717) is 22.3 Å². The zero-order valence-corrected chi connectivity index (χ0v) is 14.1. The average molecular weight is 349 g/mol. The number of rotatable bonds is 6. The van der Waals surface area contributed by atoms with Gasteiger partial charge in [-0.2, -0.15) is 0 Å². The standard InChI is InChI=1S/C15H22Cl2N2O3/c1-18-4-5-19(7-12(18)9-20)8-13(21)10-22-15-3-2-11(16)6-14(15)17/h2-3,6,12-13,20-21H,4-5,7-10H2,1H3/t12-,13+/m1/s1. The largest absolute Gasteiger partial charge is 0.489 e. The fraction of sp³-hybridized carbons (Fsp3) is 0.600. The van der Waals surface area contributed by atoms with E-state index in [4.69, 9.17) is 27.9 Å². The highest BCUT2D eigenvalue weighted by molar-refractivity contribution is 6.35. The Morgan fingerprint density at radius 2 is 2.14 bits per heavy atom. The summed E-state index contributed by atoms with van der Waals surface area (Å²) in [5.74, 6) is 0.511. The number of piperazine rings is 1. The van der Waals surface area contributed by atoms with Crippen LogP contribution in [0.2, 0.25) is 10.0 Å². The Labute approximate surface area is 141 Å². The molecule has 1 aliphatic heterocycles. The fourth-order valence-electron chi connectivity index (χ4n) is 2.50. The number of β-amino-alcohol motifs (C(OH)–C–C–N with tert-alkyl or cyclic N) is 1. The summed E-state index contributed by atoms with van der Waals surface area (Å²) in [6, 6.07) is 5.11. The van der Waals surface area contributed by atoms with Crippen molar-refractivity contribution < 1.29 is 14.9 Å². The maximum absolute atomic E-state index is 10.1. The van der Waals surface area contributed by atoms with Gasteiger partial charge in [0.2, 0.25) is 0 Å². The minimum absolute atomic E-state index is 0.118. The van der Waals surface area contributed by atoms with E-state index in [1.54, 1.807) is 18.2 Å². The lowest BCUT2D eigenvalue weighted by atomic mass is 10.2. The van der Waals surface area contributed by atoms with Crippen molar-refractivity contribution >= 4 is 23.2 Å². The van der Waals surface area contributed by atoms with Crippen LogP contribution >= 0.6 is 23.2 Å². The summed E-state index contributed by atoms with van der Waals surface area (Å²) < 4.78 is 5.54. The smallest absolute Gasteiger partial charge is 0.138 e. The Bertz CT molecular complexity index is 490. The maximum atomic E-state index is 10.1. The van der Waals surface area contributed by atoms with Gasteiger partial charge in [0.25, 0.3) is 0 Å². The third-order valence-corrected chi connectivity index (χ3v) is 4.40. The molecule has 2 rings (SSSR count). The highest BCUT2D eigenvalue weighted by atomic mass is 35.5. The molecule has 124 valence electrons. The molecule has 1 saturated heterocycles. The quantitative estimate of drug-likeness (QED) is 0.812. The van der Waals surface area contributed by atoms with E-state index in [1.165, 1.54) is 0 Å². The van der Waals surface area contributed by atoms with Gasteiger partial charge in [0.05, 0.1) is 11.6 Å². The number of nitrogens with zero attached hydrogens (tertiary/aromatic N) is 2. The Kier molecular flexibility index (Phi) is 6.74. The predicted molar refractivity (Wildman–Crippen MR) is 87.9 cm³/mol. The molecule has 1 aromatic carbocycles. The van der Waals surface area contributed by atoms with Gasteiger partial charge in [0.15, 0.2) is 0 Å². The van der Waals surface area contributed by atoms with Crippen molar-refractivity contribution in [1.82, 2.24) is 9.80 Å². The number of hydrogen-bond acceptors (Lipinski definition) is 5. The molecule has 1 fully saturated rings. The van der Waals surface area contributed by atoms with Crippen LogP contribution in [0.5, 0.6) is 5.75 Å². The molecule has 5 nitrogen and oxygen atoms in total. The van der Waals surface area contributed by atoms with Gasteiger partial charge in [0, 0.05) is 37.2 Å². The number of ether oxygens (including phenoxy) is 1. The highest BCUT2D eigenvalue weighted by Gasteiger charge is 2.25. The first-order valence-corrected chi connectivity index (χ1v) is 8.04. The lowest BCUT2D eigenvalue weighted by Gasteiger charge is -2.39. The molecule has 0 spiro atoms. The van der Waals surface area contributed by atoms with Crippen LogP contribution in [0.4, 0.5) is 0 Å². The molecule has 1 aliphatic rings. The average Bonchev–Trinajstić information content (AvgIpc) is 2.48. The molecule has 22 heavy (non-hydrogen) atoms. The number of aliphatic hydroxyl groups excluding tert-OH is 2. The molecule has 0 aliphatic carbocycles. The summed E-state index contributed by atoms with van der Waals surface area (Å²) in [5.41, 5.74) is 0. The summed E-state index contributed by atoms with van der Waals surface area (Å²) in [6.07, 6.45) is -0.616. The van der Waals surface area contributed by atoms with Crippen LogP contribution in [0.15, 0.2) is 18.2 Å². The molecule has 2 N–H and O–H groups in total. The van der Waals surface area contributed by atoms with E-state index >= 15 is 0 Å². The van der Waals surface area contributed by atoms with Gasteiger partial charge in [-0.15, -0.1) is 0 Å². The minimum Gasteiger partial charge on any atom is -0.489 e. The van der Waals surface area contributed by atoms with E-state index in [9.17, 15) is 10.2 Å². The molecule has 0 unspecified atom stereocenters. The maximum Gasteiger partial charge on any atom is 0.138 e. The highest BCUT2D eigenvalue weighted by Crippen LogP contribution is 2.27. The normalized spacial score (nSPS) is 21.8. The molecule has 2 atom stereocenters.